The molecule has 214 valence electrons. The van der Waals surface area contributed by atoms with Crippen molar-refractivity contribution in [3.63, 3.8) is 0 Å². The van der Waals surface area contributed by atoms with Crippen molar-refractivity contribution in [3.8, 4) is 28.8 Å². The van der Waals surface area contributed by atoms with Crippen LogP contribution in [-0.2, 0) is 4.74 Å². The summed E-state index contributed by atoms with van der Waals surface area (Å²) < 4.78 is 31.6. The smallest absolute Gasteiger partial charge is 0.255 e. The zero-order chi connectivity index (χ0) is 28.4. The normalized spacial score (nSPS) is 16.1. The van der Waals surface area contributed by atoms with Gasteiger partial charge in [-0.25, -0.2) is 14.4 Å². The molecule has 5 rings (SSSR count). The maximum atomic E-state index is 14.4. The van der Waals surface area contributed by atoms with Crippen molar-refractivity contribution in [2.45, 2.75) is 25.7 Å². The Labute approximate surface area is 238 Å². The maximum absolute atomic E-state index is 14.4. The SMILES string of the molecule is N#Cc1cnc2nc1-c1ccc(F)c(c1)OCCCCCCOc1cc(ccc1C(=O)NCCN1CCOCC1)N2. The van der Waals surface area contributed by atoms with Gasteiger partial charge in [0.15, 0.2) is 11.6 Å². The van der Waals surface area contributed by atoms with E-state index in [1.807, 2.05) is 0 Å². The van der Waals surface area contributed by atoms with Crippen LogP contribution in [0.3, 0.4) is 0 Å². The first-order valence-electron chi connectivity index (χ1n) is 13.9. The summed E-state index contributed by atoms with van der Waals surface area (Å²) >= 11 is 0. The highest BCUT2D eigenvalue weighted by atomic mass is 19.1. The number of ether oxygens (including phenoxy) is 3. The Bertz CT molecular complexity index is 1410. The molecule has 2 aliphatic heterocycles. The number of hydrogen-bond acceptors (Lipinski definition) is 9. The van der Waals surface area contributed by atoms with Gasteiger partial charge in [0.25, 0.3) is 5.91 Å². The van der Waals surface area contributed by atoms with E-state index >= 15 is 0 Å². The Balaban J connectivity index is 1.39. The number of morpholine rings is 1. The van der Waals surface area contributed by atoms with Gasteiger partial charge in [-0.15, -0.1) is 0 Å². The van der Waals surface area contributed by atoms with Crippen LogP contribution < -0.4 is 20.1 Å². The van der Waals surface area contributed by atoms with Gasteiger partial charge in [0.1, 0.15) is 11.8 Å². The van der Waals surface area contributed by atoms with Gasteiger partial charge in [0.05, 0.1) is 49.4 Å². The van der Waals surface area contributed by atoms with Gasteiger partial charge >= 0.3 is 0 Å². The standard InChI is InChI=1S/C30H33FN6O4/c31-25-8-5-21-17-27(25)41-14-4-2-1-3-13-40-26-18-23(35-30-34-20-22(19-32)28(21)36-30)6-7-24(26)29(38)33-9-10-37-11-15-39-16-12-37/h5-8,17-18,20H,1-4,9-16H2,(H,33,38)(H,34,35,36). The molecule has 3 aromatic rings. The second-order valence-corrected chi connectivity index (χ2v) is 9.87. The lowest BCUT2D eigenvalue weighted by molar-refractivity contribution is 0.0383. The molecule has 0 spiro atoms. The Morgan fingerprint density at radius 1 is 1.02 bits per heavy atom. The predicted octanol–water partition coefficient (Wildman–Crippen LogP) is 4.29. The first-order valence-corrected chi connectivity index (χ1v) is 13.9. The molecular weight excluding hydrogens is 527 g/mol. The minimum Gasteiger partial charge on any atom is -0.493 e. The molecule has 1 fully saturated rings. The van der Waals surface area contributed by atoms with E-state index in [0.29, 0.717) is 61.2 Å². The molecule has 2 aromatic carbocycles. The van der Waals surface area contributed by atoms with Crippen molar-refractivity contribution < 1.29 is 23.4 Å². The van der Waals surface area contributed by atoms with E-state index in [1.165, 1.54) is 12.3 Å². The van der Waals surface area contributed by atoms with Crippen LogP contribution in [0.2, 0.25) is 0 Å². The van der Waals surface area contributed by atoms with Crippen LogP contribution in [0, 0.1) is 17.1 Å². The molecule has 11 heteroatoms. The van der Waals surface area contributed by atoms with Crippen molar-refractivity contribution >= 4 is 17.5 Å². The Kier molecular flexibility index (Phi) is 9.57. The van der Waals surface area contributed by atoms with E-state index in [9.17, 15) is 14.4 Å². The number of aromatic nitrogens is 2. The maximum Gasteiger partial charge on any atom is 0.255 e. The number of benzene rings is 2. The summed E-state index contributed by atoms with van der Waals surface area (Å²) in [5, 5.41) is 15.8. The highest BCUT2D eigenvalue weighted by Gasteiger charge is 2.17. The van der Waals surface area contributed by atoms with Gasteiger partial charge in [-0.3, -0.25) is 9.69 Å². The number of nitrogens with zero attached hydrogens (tertiary/aromatic N) is 4. The van der Waals surface area contributed by atoms with E-state index in [-0.39, 0.29) is 23.2 Å². The fourth-order valence-electron chi connectivity index (χ4n) is 4.71. The average Bonchev–Trinajstić information content (AvgIpc) is 2.99. The van der Waals surface area contributed by atoms with E-state index in [2.05, 4.69) is 31.6 Å². The molecule has 0 unspecified atom stereocenters. The minimum atomic E-state index is -0.472. The van der Waals surface area contributed by atoms with Crippen LogP contribution in [0.25, 0.3) is 11.3 Å². The number of anilines is 2. The molecule has 6 bridgehead atoms. The molecule has 0 saturated carbocycles. The summed E-state index contributed by atoms with van der Waals surface area (Å²) in [4.78, 5) is 24.2. The first-order chi connectivity index (χ1) is 20.1. The lowest BCUT2D eigenvalue weighted by atomic mass is 10.1. The zero-order valence-electron chi connectivity index (χ0n) is 22.8. The summed E-state index contributed by atoms with van der Waals surface area (Å²) in [6, 6.07) is 11.8. The molecule has 10 nitrogen and oxygen atoms in total. The zero-order valence-corrected chi connectivity index (χ0v) is 22.8. The van der Waals surface area contributed by atoms with Crippen LogP contribution in [0.1, 0.15) is 41.6 Å². The number of amides is 1. The highest BCUT2D eigenvalue weighted by Crippen LogP contribution is 2.30. The Morgan fingerprint density at radius 2 is 1.80 bits per heavy atom. The van der Waals surface area contributed by atoms with Crippen LogP contribution >= 0.6 is 0 Å². The number of hydrogen-bond donors (Lipinski definition) is 2. The van der Waals surface area contributed by atoms with Crippen molar-refractivity contribution in [2.75, 3.05) is 57.9 Å². The number of nitrogens with one attached hydrogen (secondary N) is 2. The minimum absolute atomic E-state index is 0.118. The van der Waals surface area contributed by atoms with Crippen molar-refractivity contribution in [1.29, 1.82) is 5.26 Å². The molecule has 0 radical (unpaired) electrons. The topological polar surface area (TPSA) is 122 Å². The monoisotopic (exact) mass is 560 g/mol. The summed E-state index contributed by atoms with van der Waals surface area (Å²) in [6.45, 7) is 5.21. The van der Waals surface area contributed by atoms with E-state index in [0.717, 1.165) is 45.3 Å². The summed E-state index contributed by atoms with van der Waals surface area (Å²) in [6.07, 6.45) is 4.74. The number of fused-ring (bicyclic) bond motifs is 7. The van der Waals surface area contributed by atoms with E-state index in [1.54, 1.807) is 30.3 Å². The molecule has 2 aliphatic rings. The van der Waals surface area contributed by atoms with Gasteiger partial charge in [0.2, 0.25) is 5.95 Å². The second kappa shape index (κ2) is 13.9. The number of rotatable bonds is 4. The summed E-state index contributed by atoms with van der Waals surface area (Å²) in [5.41, 5.74) is 2.20. The van der Waals surface area contributed by atoms with E-state index < -0.39 is 5.82 Å². The van der Waals surface area contributed by atoms with Gasteiger partial charge in [0, 0.05) is 43.5 Å². The van der Waals surface area contributed by atoms with Gasteiger partial charge in [-0.05, 0) is 56.0 Å². The lowest BCUT2D eigenvalue weighted by Crippen LogP contribution is -2.41. The molecule has 0 aliphatic carbocycles. The third-order valence-electron chi connectivity index (χ3n) is 6.97. The number of carbonyl (C=O) groups excluding carboxylic acids is 1. The number of nitriles is 1. The van der Waals surface area contributed by atoms with Crippen LogP contribution in [0.15, 0.2) is 42.6 Å². The fraction of sp³-hybridized carbons (Fsp3) is 0.400. The second-order valence-electron chi connectivity index (χ2n) is 9.87. The van der Waals surface area contributed by atoms with Crippen LogP contribution in [0.5, 0.6) is 11.5 Å². The molecule has 1 aromatic heterocycles. The van der Waals surface area contributed by atoms with Crippen molar-refractivity contribution in [2.24, 2.45) is 0 Å². The molecular formula is C30H33FN6O4. The molecule has 2 N–H and O–H groups in total. The number of halogens is 1. The van der Waals surface area contributed by atoms with Crippen molar-refractivity contribution in [1.82, 2.24) is 20.2 Å². The lowest BCUT2D eigenvalue weighted by Gasteiger charge is -2.26. The quantitative estimate of drug-likeness (QED) is 0.481. The van der Waals surface area contributed by atoms with Gasteiger partial charge in [-0.1, -0.05) is 0 Å². The average molecular weight is 561 g/mol. The molecule has 41 heavy (non-hydrogen) atoms. The molecule has 1 saturated heterocycles. The fourth-order valence-corrected chi connectivity index (χ4v) is 4.71. The summed E-state index contributed by atoms with van der Waals surface area (Å²) in [7, 11) is 0. The third kappa shape index (κ3) is 7.48. The van der Waals surface area contributed by atoms with Crippen molar-refractivity contribution in [3.05, 3.63) is 59.5 Å². The first kappa shape index (κ1) is 28.3. The Morgan fingerprint density at radius 3 is 2.59 bits per heavy atom. The number of carbonyl (C=O) groups is 1. The molecule has 1 amide bonds. The highest BCUT2D eigenvalue weighted by molar-refractivity contribution is 5.97. The predicted molar refractivity (Wildman–Crippen MR) is 151 cm³/mol. The Hall–Kier alpha value is -4.27. The van der Waals surface area contributed by atoms with E-state index in [4.69, 9.17) is 14.2 Å². The van der Waals surface area contributed by atoms with Crippen LogP contribution in [-0.4, -0.2) is 73.4 Å². The largest absolute Gasteiger partial charge is 0.493 e. The summed E-state index contributed by atoms with van der Waals surface area (Å²) in [5.74, 6) is 0.136. The van der Waals surface area contributed by atoms with Gasteiger partial charge < -0.3 is 24.8 Å². The molecule has 3 heterocycles. The van der Waals surface area contributed by atoms with Gasteiger partial charge in [-0.2, -0.15) is 5.26 Å². The third-order valence-corrected chi connectivity index (χ3v) is 6.97. The van der Waals surface area contributed by atoms with Crippen LogP contribution in [0.4, 0.5) is 16.0 Å². The molecule has 0 atom stereocenters.